The van der Waals surface area contributed by atoms with Crippen molar-refractivity contribution >= 4 is 11.9 Å². The molecule has 6 nitrogen and oxygen atoms in total. The lowest BCUT2D eigenvalue weighted by molar-refractivity contribution is -0.139. The summed E-state index contributed by atoms with van der Waals surface area (Å²) < 4.78 is 0. The lowest BCUT2D eigenvalue weighted by atomic mass is 10.2. The van der Waals surface area contributed by atoms with Crippen molar-refractivity contribution in [3.05, 3.63) is 24.5 Å². The molecule has 5 N–H and O–H groups in total. The van der Waals surface area contributed by atoms with Gasteiger partial charge in [-0.2, -0.15) is 0 Å². The second-order valence-corrected chi connectivity index (χ2v) is 2.76. The lowest BCUT2D eigenvalue weighted by Crippen LogP contribution is -2.30. The Balaban J connectivity index is 0.000000322. The fraction of sp³-hybridized carbons (Fsp3) is 0.333. The van der Waals surface area contributed by atoms with Crippen molar-refractivity contribution in [3.63, 3.8) is 0 Å². The molecule has 0 amide bonds. The van der Waals surface area contributed by atoms with Crippen LogP contribution in [0.2, 0.25) is 0 Å². The average Bonchev–Trinajstić information content (AvgIpc) is 2.71. The zero-order valence-corrected chi connectivity index (χ0v) is 8.09. The van der Waals surface area contributed by atoms with E-state index in [2.05, 4.69) is 4.98 Å². The Bertz CT molecular complexity index is 267. The first-order valence-corrected chi connectivity index (χ1v) is 4.32. The minimum Gasteiger partial charge on any atom is -0.481 e. The van der Waals surface area contributed by atoms with Gasteiger partial charge in [0.05, 0.1) is 0 Å². The Morgan fingerprint density at radius 3 is 2.07 bits per heavy atom. The number of hydrogen-bond donors (Lipinski definition) is 4. The van der Waals surface area contributed by atoms with Gasteiger partial charge in [0.2, 0.25) is 0 Å². The van der Waals surface area contributed by atoms with Crippen LogP contribution in [-0.4, -0.2) is 33.2 Å². The standard InChI is InChI=1S/C5H9NO4.C4H5N/c6-3(5(9)10)1-2-4(7)8;1-2-4-5-3-1/h3H,1-2,6H2,(H,7,8)(H,9,10);1-5H. The number of aromatic amines is 1. The van der Waals surface area contributed by atoms with Crippen molar-refractivity contribution in [3.8, 4) is 0 Å². The van der Waals surface area contributed by atoms with Gasteiger partial charge in [0.1, 0.15) is 6.04 Å². The maximum atomic E-state index is 9.99. The highest BCUT2D eigenvalue weighted by atomic mass is 16.4. The van der Waals surface area contributed by atoms with Gasteiger partial charge in [-0.25, -0.2) is 0 Å². The Morgan fingerprint density at radius 2 is 1.80 bits per heavy atom. The number of H-pyrrole nitrogens is 1. The maximum absolute atomic E-state index is 9.99. The summed E-state index contributed by atoms with van der Waals surface area (Å²) in [5.74, 6) is -2.20. The molecule has 0 aliphatic carbocycles. The molecule has 0 fully saturated rings. The number of carbonyl (C=O) groups is 2. The second-order valence-electron chi connectivity index (χ2n) is 2.76. The molecule has 15 heavy (non-hydrogen) atoms. The molecule has 84 valence electrons. The largest absolute Gasteiger partial charge is 0.481 e. The molecule has 1 heterocycles. The van der Waals surface area contributed by atoms with E-state index in [-0.39, 0.29) is 12.8 Å². The molecule has 0 spiro atoms. The quantitative estimate of drug-likeness (QED) is 0.574. The summed E-state index contributed by atoms with van der Waals surface area (Å²) in [6.07, 6.45) is 3.53. The highest BCUT2D eigenvalue weighted by molar-refractivity contribution is 5.74. The smallest absolute Gasteiger partial charge is 0.320 e. The predicted molar refractivity (Wildman–Crippen MR) is 53.3 cm³/mol. The van der Waals surface area contributed by atoms with E-state index in [0.29, 0.717) is 0 Å². The fourth-order valence-corrected chi connectivity index (χ4v) is 0.680. The van der Waals surface area contributed by atoms with Crippen LogP contribution in [0.15, 0.2) is 24.5 Å². The summed E-state index contributed by atoms with van der Waals surface area (Å²) in [5, 5.41) is 16.3. The van der Waals surface area contributed by atoms with Crippen LogP contribution in [0.1, 0.15) is 12.8 Å². The number of rotatable bonds is 4. The zero-order valence-electron chi connectivity index (χ0n) is 8.09. The number of nitrogens with one attached hydrogen (secondary N) is 1. The maximum Gasteiger partial charge on any atom is 0.320 e. The molecule has 0 aromatic carbocycles. The molecular formula is C9H14N2O4. The third-order valence-corrected chi connectivity index (χ3v) is 1.48. The number of carboxylic acid groups (broad SMARTS) is 2. The first-order valence-electron chi connectivity index (χ1n) is 4.32. The first kappa shape index (κ1) is 13.2. The molecule has 0 radical (unpaired) electrons. The summed E-state index contributed by atoms with van der Waals surface area (Å²) in [7, 11) is 0. The SMILES string of the molecule is NC(CCC(=O)O)C(=O)O.c1cc[nH]c1. The van der Waals surface area contributed by atoms with E-state index < -0.39 is 18.0 Å². The van der Waals surface area contributed by atoms with E-state index >= 15 is 0 Å². The minimum absolute atomic E-state index is 0.0231. The summed E-state index contributed by atoms with van der Waals surface area (Å²) in [4.78, 5) is 22.7. The van der Waals surface area contributed by atoms with Gasteiger partial charge in [-0.15, -0.1) is 0 Å². The third-order valence-electron chi connectivity index (χ3n) is 1.48. The van der Waals surface area contributed by atoms with E-state index in [0.717, 1.165) is 0 Å². The normalized spacial score (nSPS) is 11.0. The molecule has 0 bridgehead atoms. The Labute approximate surface area is 86.7 Å². The van der Waals surface area contributed by atoms with E-state index in [9.17, 15) is 9.59 Å². The number of hydrogen-bond acceptors (Lipinski definition) is 3. The van der Waals surface area contributed by atoms with E-state index in [1.54, 1.807) is 0 Å². The number of nitrogens with two attached hydrogens (primary N) is 1. The van der Waals surface area contributed by atoms with Crippen molar-refractivity contribution in [2.45, 2.75) is 18.9 Å². The topological polar surface area (TPSA) is 116 Å². The third kappa shape index (κ3) is 8.51. The average molecular weight is 214 g/mol. The van der Waals surface area contributed by atoms with Crippen molar-refractivity contribution in [1.29, 1.82) is 0 Å². The van der Waals surface area contributed by atoms with Gasteiger partial charge in [-0.3, -0.25) is 9.59 Å². The molecule has 6 heteroatoms. The Morgan fingerprint density at radius 1 is 1.27 bits per heavy atom. The van der Waals surface area contributed by atoms with Crippen LogP contribution in [-0.2, 0) is 9.59 Å². The summed E-state index contributed by atoms with van der Waals surface area (Å²) in [5.41, 5.74) is 5.00. The monoisotopic (exact) mass is 214 g/mol. The van der Waals surface area contributed by atoms with Gasteiger partial charge in [0.25, 0.3) is 0 Å². The van der Waals surface area contributed by atoms with Crippen LogP contribution in [0.25, 0.3) is 0 Å². The number of aliphatic carboxylic acids is 2. The van der Waals surface area contributed by atoms with Crippen molar-refractivity contribution < 1.29 is 19.8 Å². The summed E-state index contributed by atoms with van der Waals surface area (Å²) >= 11 is 0. The molecule has 0 aliphatic heterocycles. The number of carboxylic acids is 2. The molecule has 0 aliphatic rings. The first-order chi connectivity index (χ1) is 7.04. The molecule has 1 aromatic heterocycles. The van der Waals surface area contributed by atoms with Gasteiger partial charge in [0, 0.05) is 18.8 Å². The van der Waals surface area contributed by atoms with E-state index in [1.165, 1.54) is 0 Å². The molecule has 1 unspecified atom stereocenters. The van der Waals surface area contributed by atoms with Crippen molar-refractivity contribution in [1.82, 2.24) is 4.98 Å². The Hall–Kier alpha value is -1.82. The van der Waals surface area contributed by atoms with E-state index in [4.69, 9.17) is 15.9 Å². The van der Waals surface area contributed by atoms with Crippen LogP contribution in [0, 0.1) is 0 Å². The predicted octanol–water partition coefficient (Wildman–Crippen LogP) is 0.278. The molecular weight excluding hydrogens is 200 g/mol. The fourth-order valence-electron chi connectivity index (χ4n) is 0.680. The molecule has 1 atom stereocenters. The molecule has 0 saturated carbocycles. The van der Waals surface area contributed by atoms with Crippen LogP contribution in [0.3, 0.4) is 0 Å². The van der Waals surface area contributed by atoms with E-state index in [1.807, 2.05) is 24.5 Å². The van der Waals surface area contributed by atoms with Gasteiger partial charge >= 0.3 is 11.9 Å². The van der Waals surface area contributed by atoms with Crippen molar-refractivity contribution in [2.75, 3.05) is 0 Å². The van der Waals surface area contributed by atoms with Gasteiger partial charge < -0.3 is 20.9 Å². The molecule has 0 saturated heterocycles. The molecule has 1 aromatic rings. The van der Waals surface area contributed by atoms with Crippen LogP contribution in [0.5, 0.6) is 0 Å². The van der Waals surface area contributed by atoms with Crippen LogP contribution < -0.4 is 5.73 Å². The summed E-state index contributed by atoms with van der Waals surface area (Å²) in [6, 6.07) is 2.83. The lowest BCUT2D eigenvalue weighted by Gasteiger charge is -2.01. The second kappa shape index (κ2) is 7.57. The summed E-state index contributed by atoms with van der Waals surface area (Å²) in [6.45, 7) is 0. The number of aromatic nitrogens is 1. The van der Waals surface area contributed by atoms with Gasteiger partial charge in [0.15, 0.2) is 0 Å². The van der Waals surface area contributed by atoms with Gasteiger partial charge in [-0.1, -0.05) is 0 Å². The minimum atomic E-state index is -1.17. The zero-order chi connectivity index (χ0) is 11.7. The highest BCUT2D eigenvalue weighted by Crippen LogP contribution is 1.93. The molecule has 1 rings (SSSR count). The van der Waals surface area contributed by atoms with Crippen molar-refractivity contribution in [2.24, 2.45) is 5.73 Å². The Kier molecular flexibility index (Phi) is 6.65. The van der Waals surface area contributed by atoms with Gasteiger partial charge in [-0.05, 0) is 18.6 Å². The van der Waals surface area contributed by atoms with Crippen LogP contribution >= 0.6 is 0 Å². The van der Waals surface area contributed by atoms with Crippen LogP contribution in [0.4, 0.5) is 0 Å². The highest BCUT2D eigenvalue weighted by Gasteiger charge is 2.12.